The van der Waals surface area contributed by atoms with Crippen molar-refractivity contribution >= 4 is 39.0 Å². The predicted octanol–water partition coefficient (Wildman–Crippen LogP) is 4.25. The van der Waals surface area contributed by atoms with Crippen molar-refractivity contribution in [3.8, 4) is 0 Å². The summed E-state index contributed by atoms with van der Waals surface area (Å²) >= 11 is 8.94. The fraction of sp³-hybridized carbons (Fsp3) is 0.0714. The number of carbonyl (C=O) groups is 1. The molecule has 2 rings (SSSR count). The number of carbonyl (C=O) groups excluding carboxylic acids is 1. The fourth-order valence-electron chi connectivity index (χ4n) is 1.70. The maximum atomic E-state index is 13.6. The van der Waals surface area contributed by atoms with Crippen molar-refractivity contribution in [2.75, 3.05) is 5.73 Å². The molecule has 0 atom stereocenters. The lowest BCUT2D eigenvalue weighted by Crippen LogP contribution is -2.08. The molecule has 2 aromatic carbocycles. The van der Waals surface area contributed by atoms with Crippen LogP contribution < -0.4 is 5.73 Å². The maximum absolute atomic E-state index is 13.6. The van der Waals surface area contributed by atoms with E-state index in [0.29, 0.717) is 21.8 Å². The standard InChI is InChI=1S/C14H10BrClFNO/c15-9-2-4-13(18)11(6-9)14(19)5-8-1-3-10(16)7-12(8)17/h1-4,6-7H,5,18H2. The largest absolute Gasteiger partial charge is 0.398 e. The number of nitrogen functional groups attached to an aromatic ring is 1. The van der Waals surface area contributed by atoms with Crippen LogP contribution in [0.5, 0.6) is 0 Å². The van der Waals surface area contributed by atoms with Gasteiger partial charge in [0.15, 0.2) is 5.78 Å². The van der Waals surface area contributed by atoms with Gasteiger partial charge in [-0.15, -0.1) is 0 Å². The highest BCUT2D eigenvalue weighted by atomic mass is 79.9. The topological polar surface area (TPSA) is 43.1 Å². The molecule has 0 spiro atoms. The third-order valence-electron chi connectivity index (χ3n) is 2.68. The Morgan fingerprint density at radius 2 is 2.00 bits per heavy atom. The first kappa shape index (κ1) is 14.0. The summed E-state index contributed by atoms with van der Waals surface area (Å²) in [5, 5.41) is 0.302. The van der Waals surface area contributed by atoms with Gasteiger partial charge >= 0.3 is 0 Å². The summed E-state index contributed by atoms with van der Waals surface area (Å²) in [4.78, 5) is 12.1. The highest BCUT2D eigenvalue weighted by Gasteiger charge is 2.13. The smallest absolute Gasteiger partial charge is 0.169 e. The molecule has 5 heteroatoms. The molecule has 0 saturated heterocycles. The van der Waals surface area contributed by atoms with E-state index >= 15 is 0 Å². The third kappa shape index (κ3) is 3.33. The number of benzene rings is 2. The van der Waals surface area contributed by atoms with Gasteiger partial charge in [-0.1, -0.05) is 33.6 Å². The lowest BCUT2D eigenvalue weighted by molar-refractivity contribution is 0.0992. The first-order valence-electron chi connectivity index (χ1n) is 5.49. The maximum Gasteiger partial charge on any atom is 0.169 e. The minimum atomic E-state index is -0.491. The summed E-state index contributed by atoms with van der Waals surface area (Å²) < 4.78 is 14.4. The van der Waals surface area contributed by atoms with Crippen LogP contribution in [0, 0.1) is 5.82 Å². The minimum absolute atomic E-state index is 0.0519. The van der Waals surface area contributed by atoms with E-state index in [0.717, 1.165) is 4.47 Å². The minimum Gasteiger partial charge on any atom is -0.398 e. The molecule has 2 nitrogen and oxygen atoms in total. The van der Waals surface area contributed by atoms with Crippen molar-refractivity contribution in [2.45, 2.75) is 6.42 Å². The zero-order valence-corrected chi connectivity index (χ0v) is 12.1. The number of halogens is 3. The van der Waals surface area contributed by atoms with Crippen LogP contribution in [0.15, 0.2) is 40.9 Å². The molecule has 0 heterocycles. The monoisotopic (exact) mass is 341 g/mol. The van der Waals surface area contributed by atoms with E-state index in [1.807, 2.05) is 0 Å². The normalized spacial score (nSPS) is 10.5. The van der Waals surface area contributed by atoms with Crippen molar-refractivity contribution in [3.05, 3.63) is 62.8 Å². The quantitative estimate of drug-likeness (QED) is 0.669. The van der Waals surface area contributed by atoms with Gasteiger partial charge in [-0.2, -0.15) is 0 Å². The van der Waals surface area contributed by atoms with Crippen molar-refractivity contribution in [2.24, 2.45) is 0 Å². The Bertz CT molecular complexity index is 645. The lowest BCUT2D eigenvalue weighted by atomic mass is 10.0. The van der Waals surface area contributed by atoms with Gasteiger partial charge in [0, 0.05) is 27.2 Å². The highest BCUT2D eigenvalue weighted by Crippen LogP contribution is 2.22. The number of nitrogens with two attached hydrogens (primary N) is 1. The summed E-state index contributed by atoms with van der Waals surface area (Å²) in [6.07, 6.45) is -0.0519. The zero-order chi connectivity index (χ0) is 14.0. The van der Waals surface area contributed by atoms with Crippen LogP contribution in [0.2, 0.25) is 5.02 Å². The molecule has 98 valence electrons. The van der Waals surface area contributed by atoms with E-state index in [-0.39, 0.29) is 12.2 Å². The van der Waals surface area contributed by atoms with Crippen LogP contribution in [-0.2, 0) is 6.42 Å². The van der Waals surface area contributed by atoms with E-state index < -0.39 is 5.82 Å². The number of ketones is 1. The van der Waals surface area contributed by atoms with Crippen LogP contribution in [-0.4, -0.2) is 5.78 Å². The molecule has 0 amide bonds. The first-order chi connectivity index (χ1) is 8.97. The van der Waals surface area contributed by atoms with Crippen LogP contribution in [0.1, 0.15) is 15.9 Å². The molecule has 0 fully saturated rings. The molecule has 0 aromatic heterocycles. The van der Waals surface area contributed by atoms with Gasteiger partial charge in [0.1, 0.15) is 5.82 Å². The molecule has 0 saturated carbocycles. The molecule has 0 unspecified atom stereocenters. The third-order valence-corrected chi connectivity index (χ3v) is 3.41. The van der Waals surface area contributed by atoms with Gasteiger partial charge in [0.05, 0.1) is 0 Å². The van der Waals surface area contributed by atoms with Crippen LogP contribution in [0.3, 0.4) is 0 Å². The number of Topliss-reactive ketones (excluding diaryl/α,β-unsaturated/α-hetero) is 1. The second-order valence-corrected chi connectivity index (χ2v) is 5.42. The van der Waals surface area contributed by atoms with Crippen molar-refractivity contribution in [3.63, 3.8) is 0 Å². The van der Waals surface area contributed by atoms with E-state index in [4.69, 9.17) is 17.3 Å². The first-order valence-corrected chi connectivity index (χ1v) is 6.66. The SMILES string of the molecule is Nc1ccc(Br)cc1C(=O)Cc1ccc(Cl)cc1F. The van der Waals surface area contributed by atoms with E-state index in [9.17, 15) is 9.18 Å². The molecular formula is C14H10BrClFNO. The molecule has 2 aromatic rings. The van der Waals surface area contributed by atoms with E-state index in [2.05, 4.69) is 15.9 Å². The molecule has 2 N–H and O–H groups in total. The predicted molar refractivity (Wildman–Crippen MR) is 78.0 cm³/mol. The van der Waals surface area contributed by atoms with Crippen LogP contribution in [0.25, 0.3) is 0 Å². The fourth-order valence-corrected chi connectivity index (χ4v) is 2.22. The summed E-state index contributed by atoms with van der Waals surface area (Å²) in [5.74, 6) is -0.727. The van der Waals surface area contributed by atoms with Gasteiger partial charge in [-0.3, -0.25) is 4.79 Å². The Morgan fingerprint density at radius 3 is 2.68 bits per heavy atom. The van der Waals surface area contributed by atoms with Gasteiger partial charge in [0.25, 0.3) is 0 Å². The van der Waals surface area contributed by atoms with Crippen LogP contribution >= 0.6 is 27.5 Å². The molecule has 19 heavy (non-hydrogen) atoms. The highest BCUT2D eigenvalue weighted by molar-refractivity contribution is 9.10. The zero-order valence-electron chi connectivity index (χ0n) is 9.79. The molecular weight excluding hydrogens is 333 g/mol. The Morgan fingerprint density at radius 1 is 1.26 bits per heavy atom. The molecule has 0 aliphatic rings. The van der Waals surface area contributed by atoms with Gasteiger partial charge < -0.3 is 5.73 Å². The number of anilines is 1. The van der Waals surface area contributed by atoms with E-state index in [1.54, 1.807) is 24.3 Å². The molecule has 0 bridgehead atoms. The molecule has 0 radical (unpaired) electrons. The van der Waals surface area contributed by atoms with E-state index in [1.165, 1.54) is 12.1 Å². The summed E-state index contributed by atoms with van der Waals surface area (Å²) in [7, 11) is 0. The van der Waals surface area contributed by atoms with Gasteiger partial charge in [-0.25, -0.2) is 4.39 Å². The Balaban J connectivity index is 2.28. The Hall–Kier alpha value is -1.39. The molecule has 0 aliphatic carbocycles. The number of hydrogen-bond donors (Lipinski definition) is 1. The van der Waals surface area contributed by atoms with Crippen molar-refractivity contribution in [1.29, 1.82) is 0 Å². The van der Waals surface area contributed by atoms with Gasteiger partial charge in [-0.05, 0) is 35.9 Å². The van der Waals surface area contributed by atoms with Gasteiger partial charge in [0.2, 0.25) is 0 Å². The number of hydrogen-bond acceptors (Lipinski definition) is 2. The second-order valence-electron chi connectivity index (χ2n) is 4.07. The summed E-state index contributed by atoms with van der Waals surface area (Å²) in [5.41, 5.74) is 6.81. The lowest BCUT2D eigenvalue weighted by Gasteiger charge is -2.06. The van der Waals surface area contributed by atoms with Crippen LogP contribution in [0.4, 0.5) is 10.1 Å². The van der Waals surface area contributed by atoms with Crippen molar-refractivity contribution < 1.29 is 9.18 Å². The Labute approximate surface area is 123 Å². The summed E-state index contributed by atoms with van der Waals surface area (Å²) in [6.45, 7) is 0. The average Bonchev–Trinajstić information content (AvgIpc) is 2.35. The Kier molecular flexibility index (Phi) is 4.22. The molecule has 0 aliphatic heterocycles. The second kappa shape index (κ2) is 5.72. The summed E-state index contributed by atoms with van der Waals surface area (Å²) in [6, 6.07) is 9.26. The average molecular weight is 343 g/mol. The van der Waals surface area contributed by atoms with Crippen molar-refractivity contribution in [1.82, 2.24) is 0 Å². The number of rotatable bonds is 3.